The molecule has 1 N–H and O–H groups in total. The van der Waals surface area contributed by atoms with E-state index in [1.807, 2.05) is 13.8 Å². The number of hydrogen-bond acceptors (Lipinski definition) is 3. The highest BCUT2D eigenvalue weighted by atomic mass is 79.9. The Morgan fingerprint density at radius 3 is 2.35 bits per heavy atom. The van der Waals surface area contributed by atoms with Crippen LogP contribution < -0.4 is 0 Å². The van der Waals surface area contributed by atoms with Gasteiger partial charge >= 0.3 is 0 Å². The predicted octanol–water partition coefficient (Wildman–Crippen LogP) is 2.10. The molecule has 0 bridgehead atoms. The Balaban J connectivity index is 2.76. The standard InChI is InChI=1S/C14H19BrN2O3/c1-4-17(5-2)13(19)9-16(3)14(20)10-6-7-11(15)12(18)8-10/h6-8,18H,4-5,9H2,1-3H3. The molecule has 0 saturated carbocycles. The smallest absolute Gasteiger partial charge is 0.254 e. The molecule has 5 nitrogen and oxygen atoms in total. The van der Waals surface area contributed by atoms with Crippen LogP contribution in [0.5, 0.6) is 5.75 Å². The van der Waals surface area contributed by atoms with Crippen molar-refractivity contribution in [2.45, 2.75) is 13.8 Å². The van der Waals surface area contributed by atoms with E-state index >= 15 is 0 Å². The van der Waals surface area contributed by atoms with Gasteiger partial charge in [-0.2, -0.15) is 0 Å². The van der Waals surface area contributed by atoms with Crippen molar-refractivity contribution in [1.29, 1.82) is 0 Å². The summed E-state index contributed by atoms with van der Waals surface area (Å²) in [4.78, 5) is 27.1. The van der Waals surface area contributed by atoms with Gasteiger partial charge in [0.25, 0.3) is 5.91 Å². The van der Waals surface area contributed by atoms with E-state index in [-0.39, 0.29) is 24.1 Å². The third kappa shape index (κ3) is 3.96. The lowest BCUT2D eigenvalue weighted by Gasteiger charge is -2.23. The van der Waals surface area contributed by atoms with Crippen LogP contribution in [-0.2, 0) is 4.79 Å². The third-order valence-electron chi connectivity index (χ3n) is 3.03. The Morgan fingerprint density at radius 2 is 1.85 bits per heavy atom. The minimum atomic E-state index is -0.298. The van der Waals surface area contributed by atoms with E-state index in [0.717, 1.165) is 0 Å². The van der Waals surface area contributed by atoms with Gasteiger partial charge in [-0.15, -0.1) is 0 Å². The Labute approximate surface area is 127 Å². The van der Waals surface area contributed by atoms with Crippen molar-refractivity contribution in [3.8, 4) is 5.75 Å². The SMILES string of the molecule is CCN(CC)C(=O)CN(C)C(=O)c1ccc(Br)c(O)c1. The second kappa shape index (κ2) is 7.28. The molecule has 1 rings (SSSR count). The van der Waals surface area contributed by atoms with Crippen molar-refractivity contribution >= 4 is 27.7 Å². The summed E-state index contributed by atoms with van der Waals surface area (Å²) in [7, 11) is 1.57. The second-order valence-electron chi connectivity index (χ2n) is 4.39. The summed E-state index contributed by atoms with van der Waals surface area (Å²) in [6.45, 7) is 5.07. The molecule has 0 fully saturated rings. The second-order valence-corrected chi connectivity index (χ2v) is 5.25. The fourth-order valence-corrected chi connectivity index (χ4v) is 2.06. The molecule has 1 aromatic carbocycles. The van der Waals surface area contributed by atoms with Gasteiger partial charge in [0.1, 0.15) is 5.75 Å². The number of rotatable bonds is 5. The Morgan fingerprint density at radius 1 is 1.25 bits per heavy atom. The number of carbonyl (C=O) groups is 2. The monoisotopic (exact) mass is 342 g/mol. The van der Waals surface area contributed by atoms with Crippen LogP contribution in [0.1, 0.15) is 24.2 Å². The molecular formula is C14H19BrN2O3. The van der Waals surface area contributed by atoms with Crippen LogP contribution in [-0.4, -0.2) is 53.4 Å². The maximum Gasteiger partial charge on any atom is 0.254 e. The molecule has 0 aliphatic rings. The molecule has 0 atom stereocenters. The highest BCUT2D eigenvalue weighted by Gasteiger charge is 2.18. The van der Waals surface area contributed by atoms with Crippen LogP contribution in [0.4, 0.5) is 0 Å². The normalized spacial score (nSPS) is 10.2. The van der Waals surface area contributed by atoms with Crippen molar-refractivity contribution in [3.63, 3.8) is 0 Å². The first kappa shape index (κ1) is 16.5. The molecule has 1 aromatic rings. The molecule has 0 saturated heterocycles. The van der Waals surface area contributed by atoms with E-state index in [0.29, 0.717) is 23.1 Å². The zero-order valence-electron chi connectivity index (χ0n) is 11.9. The topological polar surface area (TPSA) is 60.9 Å². The highest BCUT2D eigenvalue weighted by molar-refractivity contribution is 9.10. The van der Waals surface area contributed by atoms with E-state index in [1.54, 1.807) is 24.1 Å². The Bertz CT molecular complexity index is 501. The van der Waals surface area contributed by atoms with Gasteiger partial charge in [0.05, 0.1) is 11.0 Å². The maximum absolute atomic E-state index is 12.2. The van der Waals surface area contributed by atoms with Gasteiger partial charge in [0, 0.05) is 25.7 Å². The number of phenols is 1. The fraction of sp³-hybridized carbons (Fsp3) is 0.429. The van der Waals surface area contributed by atoms with Crippen molar-refractivity contribution in [3.05, 3.63) is 28.2 Å². The average molecular weight is 343 g/mol. The molecule has 0 aromatic heterocycles. The van der Waals surface area contributed by atoms with Crippen molar-refractivity contribution in [2.24, 2.45) is 0 Å². The first-order valence-corrected chi connectivity index (χ1v) is 7.21. The summed E-state index contributed by atoms with van der Waals surface area (Å²) >= 11 is 3.16. The third-order valence-corrected chi connectivity index (χ3v) is 3.70. The molecule has 0 aliphatic heterocycles. The largest absolute Gasteiger partial charge is 0.507 e. The van der Waals surface area contributed by atoms with Gasteiger partial charge in [0.15, 0.2) is 0 Å². The highest BCUT2D eigenvalue weighted by Crippen LogP contribution is 2.24. The summed E-state index contributed by atoms with van der Waals surface area (Å²) in [5.41, 5.74) is 0.348. The molecule has 0 spiro atoms. The molecule has 2 amide bonds. The molecule has 0 unspecified atom stereocenters. The lowest BCUT2D eigenvalue weighted by molar-refractivity contribution is -0.131. The zero-order chi connectivity index (χ0) is 15.3. The van der Waals surface area contributed by atoms with Crippen LogP contribution in [0, 0.1) is 0 Å². The molecule has 6 heteroatoms. The number of benzene rings is 1. The first-order valence-electron chi connectivity index (χ1n) is 6.42. The Hall–Kier alpha value is -1.56. The molecule has 0 radical (unpaired) electrons. The van der Waals surface area contributed by atoms with E-state index in [2.05, 4.69) is 15.9 Å². The summed E-state index contributed by atoms with van der Waals surface area (Å²) in [5, 5.41) is 9.58. The molecule has 20 heavy (non-hydrogen) atoms. The van der Waals surface area contributed by atoms with E-state index in [9.17, 15) is 14.7 Å². The fourth-order valence-electron chi connectivity index (χ4n) is 1.82. The quantitative estimate of drug-likeness (QED) is 0.891. The van der Waals surface area contributed by atoms with Gasteiger partial charge in [-0.05, 0) is 48.0 Å². The number of carbonyl (C=O) groups excluding carboxylic acids is 2. The van der Waals surface area contributed by atoms with Crippen LogP contribution in [0.15, 0.2) is 22.7 Å². The van der Waals surface area contributed by atoms with E-state index in [4.69, 9.17) is 0 Å². The van der Waals surface area contributed by atoms with Crippen LogP contribution in [0.2, 0.25) is 0 Å². The van der Waals surface area contributed by atoms with Crippen molar-refractivity contribution in [2.75, 3.05) is 26.7 Å². The lowest BCUT2D eigenvalue weighted by Crippen LogP contribution is -2.41. The van der Waals surface area contributed by atoms with Gasteiger partial charge in [-0.25, -0.2) is 0 Å². The van der Waals surface area contributed by atoms with E-state index < -0.39 is 0 Å². The van der Waals surface area contributed by atoms with Crippen molar-refractivity contribution < 1.29 is 14.7 Å². The zero-order valence-corrected chi connectivity index (χ0v) is 13.5. The number of aromatic hydroxyl groups is 1. The van der Waals surface area contributed by atoms with Gasteiger partial charge in [-0.3, -0.25) is 9.59 Å². The van der Waals surface area contributed by atoms with E-state index in [1.165, 1.54) is 11.0 Å². The maximum atomic E-state index is 12.2. The number of likely N-dealkylation sites (N-methyl/N-ethyl adjacent to an activating group) is 2. The van der Waals surface area contributed by atoms with Gasteiger partial charge in [-0.1, -0.05) is 0 Å². The minimum absolute atomic E-state index is 0.000630. The Kier molecular flexibility index (Phi) is 6.01. The molecule has 0 aliphatic carbocycles. The summed E-state index contributed by atoms with van der Waals surface area (Å²) in [6.07, 6.45) is 0. The number of hydrogen-bond donors (Lipinski definition) is 1. The molecule has 110 valence electrons. The first-order chi connectivity index (χ1) is 9.40. The van der Waals surface area contributed by atoms with Gasteiger partial charge < -0.3 is 14.9 Å². The summed E-state index contributed by atoms with van der Waals surface area (Å²) < 4.78 is 0.524. The number of halogens is 1. The molecular weight excluding hydrogens is 324 g/mol. The lowest BCUT2D eigenvalue weighted by atomic mass is 10.2. The van der Waals surface area contributed by atoms with Crippen LogP contribution in [0.25, 0.3) is 0 Å². The predicted molar refractivity (Wildman–Crippen MR) is 80.7 cm³/mol. The summed E-state index contributed by atoms with van der Waals surface area (Å²) in [6, 6.07) is 4.58. The molecule has 0 heterocycles. The summed E-state index contributed by atoms with van der Waals surface area (Å²) in [5.74, 6) is -0.389. The van der Waals surface area contributed by atoms with Crippen LogP contribution >= 0.6 is 15.9 Å². The van der Waals surface area contributed by atoms with Gasteiger partial charge in [0.2, 0.25) is 5.91 Å². The number of amides is 2. The average Bonchev–Trinajstić information content (AvgIpc) is 2.42. The number of phenolic OH excluding ortho intramolecular Hbond substituents is 1. The van der Waals surface area contributed by atoms with Crippen LogP contribution in [0.3, 0.4) is 0 Å². The minimum Gasteiger partial charge on any atom is -0.507 e. The van der Waals surface area contributed by atoms with Crippen molar-refractivity contribution in [1.82, 2.24) is 9.80 Å². The number of nitrogens with zero attached hydrogens (tertiary/aromatic N) is 2.